The van der Waals surface area contributed by atoms with Crippen molar-refractivity contribution in [3.63, 3.8) is 0 Å². The molecule has 1 aromatic heterocycles. The van der Waals surface area contributed by atoms with E-state index in [4.69, 9.17) is 0 Å². The van der Waals surface area contributed by atoms with Crippen LogP contribution in [0.25, 0.3) is 10.9 Å². The van der Waals surface area contributed by atoms with Crippen molar-refractivity contribution in [3.05, 3.63) is 35.9 Å². The van der Waals surface area contributed by atoms with E-state index in [1.165, 1.54) is 0 Å². The smallest absolute Gasteiger partial charge is 0.239 e. The number of hydrogen-bond acceptors (Lipinski definition) is 4. The number of hydrogen-bond donors (Lipinski definition) is 1. The highest BCUT2D eigenvalue weighted by Crippen LogP contribution is 2.22. The van der Waals surface area contributed by atoms with Gasteiger partial charge in [0, 0.05) is 19.0 Å². The molecule has 110 valence electrons. The van der Waals surface area contributed by atoms with Crippen molar-refractivity contribution in [1.82, 2.24) is 10.3 Å². The minimum absolute atomic E-state index is 0.102. The Morgan fingerprint density at radius 1 is 1.38 bits per heavy atom. The molecule has 2 rings (SSSR count). The molecule has 0 spiro atoms. The molecule has 0 aliphatic carbocycles. The predicted octanol–water partition coefficient (Wildman–Crippen LogP) is 2.01. The van der Waals surface area contributed by atoms with Gasteiger partial charge in [-0.1, -0.05) is 25.1 Å². The first-order valence-electron chi connectivity index (χ1n) is 7.00. The van der Waals surface area contributed by atoms with E-state index >= 15 is 0 Å². The summed E-state index contributed by atoms with van der Waals surface area (Å²) in [5.74, 6) is 0.462. The fourth-order valence-corrected chi connectivity index (χ4v) is 2.24. The van der Waals surface area contributed by atoms with Crippen LogP contribution in [0.5, 0.6) is 0 Å². The van der Waals surface area contributed by atoms with Crippen LogP contribution in [-0.4, -0.2) is 37.3 Å². The van der Waals surface area contributed by atoms with E-state index in [2.05, 4.69) is 10.3 Å². The van der Waals surface area contributed by atoms with Crippen LogP contribution in [0.4, 0.5) is 5.82 Å². The summed E-state index contributed by atoms with van der Waals surface area (Å²) in [5, 5.41) is 3.52. The fourth-order valence-electron chi connectivity index (χ4n) is 2.24. The SMILES string of the molecule is CCCN(CC(=O)NC)c1nc2ccccc2cc1C=O. The lowest BCUT2D eigenvalue weighted by Crippen LogP contribution is -2.37. The number of fused-ring (bicyclic) bond motifs is 1. The molecule has 1 amide bonds. The Morgan fingerprint density at radius 3 is 2.81 bits per heavy atom. The molecule has 0 bridgehead atoms. The van der Waals surface area contributed by atoms with Gasteiger partial charge in [0.2, 0.25) is 5.91 Å². The molecule has 0 fully saturated rings. The number of anilines is 1. The van der Waals surface area contributed by atoms with Crippen molar-refractivity contribution in [2.75, 3.05) is 25.0 Å². The first-order chi connectivity index (χ1) is 10.2. The van der Waals surface area contributed by atoms with Crippen molar-refractivity contribution in [2.24, 2.45) is 0 Å². The van der Waals surface area contributed by atoms with Crippen LogP contribution in [0.2, 0.25) is 0 Å². The molecule has 0 radical (unpaired) electrons. The number of carbonyl (C=O) groups excluding carboxylic acids is 2. The van der Waals surface area contributed by atoms with E-state index in [0.717, 1.165) is 23.6 Å². The van der Waals surface area contributed by atoms with Gasteiger partial charge in [0.05, 0.1) is 17.6 Å². The molecule has 0 aliphatic rings. The van der Waals surface area contributed by atoms with Crippen molar-refractivity contribution in [2.45, 2.75) is 13.3 Å². The normalized spacial score (nSPS) is 10.4. The number of amides is 1. The molecule has 1 heterocycles. The lowest BCUT2D eigenvalue weighted by molar-refractivity contribution is -0.119. The number of carbonyl (C=O) groups is 2. The number of benzene rings is 1. The third kappa shape index (κ3) is 3.37. The maximum absolute atomic E-state index is 11.7. The fraction of sp³-hybridized carbons (Fsp3) is 0.312. The van der Waals surface area contributed by atoms with Gasteiger partial charge in [-0.2, -0.15) is 0 Å². The lowest BCUT2D eigenvalue weighted by Gasteiger charge is -2.24. The van der Waals surface area contributed by atoms with Gasteiger partial charge in [-0.25, -0.2) is 4.98 Å². The van der Waals surface area contributed by atoms with E-state index in [1.54, 1.807) is 7.05 Å². The summed E-state index contributed by atoms with van der Waals surface area (Å²) in [5.41, 5.74) is 1.32. The van der Waals surface area contributed by atoms with E-state index in [-0.39, 0.29) is 12.5 Å². The Morgan fingerprint density at radius 2 is 2.14 bits per heavy atom. The van der Waals surface area contributed by atoms with Gasteiger partial charge < -0.3 is 10.2 Å². The second-order valence-corrected chi connectivity index (χ2v) is 4.81. The highest BCUT2D eigenvalue weighted by molar-refractivity contribution is 5.93. The van der Waals surface area contributed by atoms with Gasteiger partial charge in [0.25, 0.3) is 0 Å². The lowest BCUT2D eigenvalue weighted by atomic mass is 10.1. The third-order valence-electron chi connectivity index (χ3n) is 3.27. The Labute approximate surface area is 124 Å². The summed E-state index contributed by atoms with van der Waals surface area (Å²) >= 11 is 0. The van der Waals surface area contributed by atoms with Gasteiger partial charge in [0.1, 0.15) is 5.82 Å². The van der Waals surface area contributed by atoms with Crippen molar-refractivity contribution < 1.29 is 9.59 Å². The van der Waals surface area contributed by atoms with E-state index in [0.29, 0.717) is 17.9 Å². The Bertz CT molecular complexity index is 655. The molecule has 2 aromatic rings. The Balaban J connectivity index is 2.49. The summed E-state index contributed by atoms with van der Waals surface area (Å²) in [6, 6.07) is 9.45. The van der Waals surface area contributed by atoms with Crippen molar-refractivity contribution >= 4 is 28.9 Å². The second kappa shape index (κ2) is 6.83. The quantitative estimate of drug-likeness (QED) is 0.825. The summed E-state index contributed by atoms with van der Waals surface area (Å²) < 4.78 is 0. The minimum Gasteiger partial charge on any atom is -0.358 e. The molecule has 0 unspecified atom stereocenters. The molecule has 0 atom stereocenters. The van der Waals surface area contributed by atoms with Crippen molar-refractivity contribution in [3.8, 4) is 0 Å². The van der Waals surface area contributed by atoms with Crippen LogP contribution in [0, 0.1) is 0 Å². The molecule has 1 aromatic carbocycles. The van der Waals surface area contributed by atoms with Gasteiger partial charge in [-0.3, -0.25) is 9.59 Å². The zero-order valence-electron chi connectivity index (χ0n) is 12.3. The van der Waals surface area contributed by atoms with Crippen LogP contribution in [-0.2, 0) is 4.79 Å². The number of nitrogens with one attached hydrogen (secondary N) is 1. The van der Waals surface area contributed by atoms with Gasteiger partial charge in [-0.15, -0.1) is 0 Å². The first-order valence-corrected chi connectivity index (χ1v) is 7.00. The maximum atomic E-state index is 11.7. The van der Waals surface area contributed by atoms with E-state index in [9.17, 15) is 9.59 Å². The molecule has 21 heavy (non-hydrogen) atoms. The Hall–Kier alpha value is -2.43. The minimum atomic E-state index is -0.102. The number of pyridine rings is 1. The monoisotopic (exact) mass is 285 g/mol. The highest BCUT2D eigenvalue weighted by Gasteiger charge is 2.16. The van der Waals surface area contributed by atoms with Gasteiger partial charge in [-0.05, 0) is 18.6 Å². The predicted molar refractivity (Wildman–Crippen MR) is 83.7 cm³/mol. The molecule has 0 saturated heterocycles. The van der Waals surface area contributed by atoms with E-state index in [1.807, 2.05) is 42.2 Å². The van der Waals surface area contributed by atoms with Crippen LogP contribution in [0.15, 0.2) is 30.3 Å². The van der Waals surface area contributed by atoms with Crippen LogP contribution in [0.3, 0.4) is 0 Å². The Kier molecular flexibility index (Phi) is 4.87. The number of para-hydroxylation sites is 1. The van der Waals surface area contributed by atoms with Crippen LogP contribution < -0.4 is 10.2 Å². The number of nitrogens with zero attached hydrogens (tertiary/aromatic N) is 2. The molecule has 1 N–H and O–H groups in total. The summed E-state index contributed by atoms with van der Waals surface area (Å²) in [6.45, 7) is 2.88. The largest absolute Gasteiger partial charge is 0.358 e. The molecule has 0 aliphatic heterocycles. The molecular weight excluding hydrogens is 266 g/mol. The van der Waals surface area contributed by atoms with Crippen LogP contribution >= 0.6 is 0 Å². The average molecular weight is 285 g/mol. The second-order valence-electron chi connectivity index (χ2n) is 4.81. The molecule has 5 heteroatoms. The van der Waals surface area contributed by atoms with Gasteiger partial charge >= 0.3 is 0 Å². The summed E-state index contributed by atoms with van der Waals surface area (Å²) in [6.07, 6.45) is 1.66. The zero-order valence-corrected chi connectivity index (χ0v) is 12.3. The maximum Gasteiger partial charge on any atom is 0.239 e. The number of likely N-dealkylation sites (N-methyl/N-ethyl adjacent to an activating group) is 1. The standard InChI is InChI=1S/C16H19N3O2/c1-3-8-19(10-15(21)17-2)16-13(11-20)9-12-6-4-5-7-14(12)18-16/h4-7,9,11H,3,8,10H2,1-2H3,(H,17,21). The van der Waals surface area contributed by atoms with Gasteiger partial charge in [0.15, 0.2) is 6.29 Å². The summed E-state index contributed by atoms with van der Waals surface area (Å²) in [7, 11) is 1.60. The average Bonchev–Trinajstić information content (AvgIpc) is 2.52. The first kappa shape index (κ1) is 15.0. The third-order valence-corrected chi connectivity index (χ3v) is 3.27. The topological polar surface area (TPSA) is 62.3 Å². The molecule has 0 saturated carbocycles. The number of rotatable bonds is 6. The number of aldehydes is 1. The molecular formula is C16H19N3O2. The molecule has 5 nitrogen and oxygen atoms in total. The van der Waals surface area contributed by atoms with Crippen molar-refractivity contribution in [1.29, 1.82) is 0 Å². The summed E-state index contributed by atoms with van der Waals surface area (Å²) in [4.78, 5) is 29.4. The van der Waals surface area contributed by atoms with E-state index < -0.39 is 0 Å². The highest BCUT2D eigenvalue weighted by atomic mass is 16.2. The van der Waals surface area contributed by atoms with Crippen LogP contribution in [0.1, 0.15) is 23.7 Å². The zero-order chi connectivity index (χ0) is 15.2. The number of aromatic nitrogens is 1.